The SMILES string of the molecule is O=C(Nc1cccc(CN2CCC(O)CC2)c1)c1ccc2cc[nH]c2c1. The van der Waals surface area contributed by atoms with Crippen LogP contribution >= 0.6 is 0 Å². The topological polar surface area (TPSA) is 68.4 Å². The number of benzene rings is 2. The number of aromatic amines is 1. The van der Waals surface area contributed by atoms with Crippen LogP contribution in [-0.2, 0) is 6.54 Å². The molecule has 0 radical (unpaired) electrons. The first-order valence-electron chi connectivity index (χ1n) is 9.05. The van der Waals surface area contributed by atoms with E-state index < -0.39 is 0 Å². The van der Waals surface area contributed by atoms with Crippen LogP contribution in [0.4, 0.5) is 5.69 Å². The lowest BCUT2D eigenvalue weighted by Gasteiger charge is -2.29. The van der Waals surface area contributed by atoms with E-state index in [2.05, 4.69) is 21.3 Å². The van der Waals surface area contributed by atoms with Crippen LogP contribution in [0.5, 0.6) is 0 Å². The Hall–Kier alpha value is -2.63. The van der Waals surface area contributed by atoms with E-state index in [0.717, 1.165) is 49.1 Å². The van der Waals surface area contributed by atoms with Crippen molar-refractivity contribution in [1.82, 2.24) is 9.88 Å². The molecule has 1 aliphatic heterocycles. The van der Waals surface area contributed by atoms with Gasteiger partial charge in [-0.15, -0.1) is 0 Å². The van der Waals surface area contributed by atoms with E-state index in [4.69, 9.17) is 0 Å². The highest BCUT2D eigenvalue weighted by Gasteiger charge is 2.17. The predicted molar refractivity (Wildman–Crippen MR) is 103 cm³/mol. The van der Waals surface area contributed by atoms with Gasteiger partial charge in [0.2, 0.25) is 0 Å². The number of hydrogen-bond donors (Lipinski definition) is 3. The number of likely N-dealkylation sites (tertiary alicyclic amines) is 1. The average molecular weight is 349 g/mol. The fourth-order valence-electron chi connectivity index (χ4n) is 3.48. The molecule has 3 N–H and O–H groups in total. The van der Waals surface area contributed by atoms with E-state index in [1.165, 1.54) is 5.56 Å². The van der Waals surface area contributed by atoms with Crippen LogP contribution in [0.1, 0.15) is 28.8 Å². The van der Waals surface area contributed by atoms with Crippen molar-refractivity contribution in [3.8, 4) is 0 Å². The largest absolute Gasteiger partial charge is 0.393 e. The number of rotatable bonds is 4. The van der Waals surface area contributed by atoms with Crippen molar-refractivity contribution in [2.75, 3.05) is 18.4 Å². The molecule has 5 heteroatoms. The minimum atomic E-state index is -0.158. The number of nitrogens with zero attached hydrogens (tertiary/aromatic N) is 1. The zero-order chi connectivity index (χ0) is 17.9. The van der Waals surface area contributed by atoms with Gasteiger partial charge in [0, 0.05) is 42.6 Å². The summed E-state index contributed by atoms with van der Waals surface area (Å²) in [5.41, 5.74) is 3.56. The van der Waals surface area contributed by atoms with E-state index in [1.807, 2.05) is 48.7 Å². The van der Waals surface area contributed by atoms with Crippen molar-refractivity contribution in [3.05, 3.63) is 65.9 Å². The van der Waals surface area contributed by atoms with E-state index in [1.54, 1.807) is 0 Å². The third-order valence-corrected chi connectivity index (χ3v) is 4.97. The van der Waals surface area contributed by atoms with Gasteiger partial charge >= 0.3 is 0 Å². The van der Waals surface area contributed by atoms with Crippen LogP contribution in [-0.4, -0.2) is 40.1 Å². The predicted octanol–water partition coefficient (Wildman–Crippen LogP) is 3.38. The molecule has 4 rings (SSSR count). The standard InChI is InChI=1S/C21H23N3O2/c25-19-7-10-24(11-8-19)14-15-2-1-3-18(12-15)23-21(26)17-5-4-16-6-9-22-20(16)13-17/h1-6,9,12-13,19,22,25H,7-8,10-11,14H2,(H,23,26). The molecule has 2 aromatic carbocycles. The number of aliphatic hydroxyl groups excluding tert-OH is 1. The van der Waals surface area contributed by atoms with E-state index in [0.29, 0.717) is 5.56 Å². The lowest BCUT2D eigenvalue weighted by Crippen LogP contribution is -2.35. The van der Waals surface area contributed by atoms with Crippen LogP contribution in [0.25, 0.3) is 10.9 Å². The van der Waals surface area contributed by atoms with Gasteiger partial charge in [-0.3, -0.25) is 9.69 Å². The monoisotopic (exact) mass is 349 g/mol. The van der Waals surface area contributed by atoms with Crippen molar-refractivity contribution in [2.24, 2.45) is 0 Å². The molecule has 0 atom stereocenters. The van der Waals surface area contributed by atoms with Crippen molar-refractivity contribution in [2.45, 2.75) is 25.5 Å². The highest BCUT2D eigenvalue weighted by Crippen LogP contribution is 2.19. The molecule has 0 bridgehead atoms. The Balaban J connectivity index is 1.43. The van der Waals surface area contributed by atoms with Gasteiger partial charge in [0.05, 0.1) is 6.10 Å². The molecule has 1 saturated heterocycles. The number of piperidine rings is 1. The Morgan fingerprint density at radius 2 is 2.00 bits per heavy atom. The summed E-state index contributed by atoms with van der Waals surface area (Å²) in [5, 5.41) is 13.7. The smallest absolute Gasteiger partial charge is 0.255 e. The number of H-pyrrole nitrogens is 1. The highest BCUT2D eigenvalue weighted by molar-refractivity contribution is 6.06. The molecule has 2 heterocycles. The van der Waals surface area contributed by atoms with Crippen LogP contribution < -0.4 is 5.32 Å². The third kappa shape index (κ3) is 3.79. The molecule has 134 valence electrons. The molecule has 0 spiro atoms. The molecule has 0 unspecified atom stereocenters. The van der Waals surface area contributed by atoms with Gasteiger partial charge in [0.1, 0.15) is 0 Å². The number of carbonyl (C=O) groups excluding carboxylic acids is 1. The van der Waals surface area contributed by atoms with Gasteiger partial charge in [-0.1, -0.05) is 18.2 Å². The molecule has 26 heavy (non-hydrogen) atoms. The molecule has 1 amide bonds. The van der Waals surface area contributed by atoms with Crippen molar-refractivity contribution in [3.63, 3.8) is 0 Å². The van der Waals surface area contributed by atoms with E-state index in [9.17, 15) is 9.90 Å². The van der Waals surface area contributed by atoms with Crippen molar-refractivity contribution in [1.29, 1.82) is 0 Å². The molecule has 1 aliphatic rings. The van der Waals surface area contributed by atoms with Crippen LogP contribution in [0.3, 0.4) is 0 Å². The number of hydrogen-bond acceptors (Lipinski definition) is 3. The van der Waals surface area contributed by atoms with Gasteiger partial charge in [0.25, 0.3) is 5.91 Å². The summed E-state index contributed by atoms with van der Waals surface area (Å²) in [6.45, 7) is 2.66. The number of fused-ring (bicyclic) bond motifs is 1. The molecule has 0 aliphatic carbocycles. The highest BCUT2D eigenvalue weighted by atomic mass is 16.3. The molecular weight excluding hydrogens is 326 g/mol. The zero-order valence-electron chi connectivity index (χ0n) is 14.6. The van der Waals surface area contributed by atoms with E-state index >= 15 is 0 Å². The minimum Gasteiger partial charge on any atom is -0.393 e. The Bertz CT molecular complexity index is 910. The molecule has 1 fully saturated rings. The van der Waals surface area contributed by atoms with Gasteiger partial charge in [-0.25, -0.2) is 0 Å². The van der Waals surface area contributed by atoms with Crippen LogP contribution in [0.2, 0.25) is 0 Å². The molecule has 1 aromatic heterocycles. The second-order valence-electron chi connectivity index (χ2n) is 6.94. The van der Waals surface area contributed by atoms with Crippen molar-refractivity contribution < 1.29 is 9.90 Å². The second kappa shape index (κ2) is 7.32. The summed E-state index contributed by atoms with van der Waals surface area (Å²) in [7, 11) is 0. The Morgan fingerprint density at radius 3 is 2.85 bits per heavy atom. The molecule has 0 saturated carbocycles. The summed E-state index contributed by atoms with van der Waals surface area (Å²) >= 11 is 0. The fourth-order valence-corrected chi connectivity index (χ4v) is 3.48. The normalized spacial score (nSPS) is 16.0. The Morgan fingerprint density at radius 1 is 1.15 bits per heavy atom. The Kier molecular flexibility index (Phi) is 4.73. The van der Waals surface area contributed by atoms with Gasteiger partial charge in [0.15, 0.2) is 0 Å². The lowest BCUT2D eigenvalue weighted by molar-refractivity contribution is 0.0792. The van der Waals surface area contributed by atoms with Crippen LogP contribution in [0.15, 0.2) is 54.7 Å². The summed E-state index contributed by atoms with van der Waals surface area (Å²) in [6.07, 6.45) is 3.37. The Labute approximate surface area is 152 Å². The summed E-state index contributed by atoms with van der Waals surface area (Å²) in [6, 6.07) is 15.6. The summed E-state index contributed by atoms with van der Waals surface area (Å²) < 4.78 is 0. The molecule has 5 nitrogen and oxygen atoms in total. The minimum absolute atomic E-state index is 0.111. The maximum atomic E-state index is 12.6. The number of carbonyl (C=O) groups is 1. The van der Waals surface area contributed by atoms with Crippen molar-refractivity contribution >= 4 is 22.5 Å². The van der Waals surface area contributed by atoms with Crippen LogP contribution in [0, 0.1) is 0 Å². The lowest BCUT2D eigenvalue weighted by atomic mass is 10.1. The summed E-state index contributed by atoms with van der Waals surface area (Å²) in [4.78, 5) is 18.0. The van der Waals surface area contributed by atoms with E-state index in [-0.39, 0.29) is 12.0 Å². The summed E-state index contributed by atoms with van der Waals surface area (Å²) in [5.74, 6) is -0.111. The first-order valence-corrected chi connectivity index (χ1v) is 9.05. The number of aromatic nitrogens is 1. The molecule has 3 aromatic rings. The van der Waals surface area contributed by atoms with Gasteiger partial charge in [-0.05, 0) is 54.1 Å². The first kappa shape index (κ1) is 16.8. The maximum Gasteiger partial charge on any atom is 0.255 e. The zero-order valence-corrected chi connectivity index (χ0v) is 14.6. The maximum absolute atomic E-state index is 12.6. The number of amides is 1. The fraction of sp³-hybridized carbons (Fsp3) is 0.286. The first-order chi connectivity index (χ1) is 12.7. The molecular formula is C21H23N3O2. The third-order valence-electron chi connectivity index (χ3n) is 4.97. The average Bonchev–Trinajstić information content (AvgIpc) is 3.12. The number of aliphatic hydroxyl groups is 1. The van der Waals surface area contributed by atoms with Gasteiger partial charge in [-0.2, -0.15) is 0 Å². The van der Waals surface area contributed by atoms with Gasteiger partial charge < -0.3 is 15.4 Å². The second-order valence-corrected chi connectivity index (χ2v) is 6.94. The number of nitrogens with one attached hydrogen (secondary N) is 2. The number of anilines is 1. The quantitative estimate of drug-likeness (QED) is 0.676.